The van der Waals surface area contributed by atoms with Crippen LogP contribution in [0, 0.1) is 0 Å². The van der Waals surface area contributed by atoms with Gasteiger partial charge in [0.15, 0.2) is 0 Å². The molecule has 2 aliphatic rings. The summed E-state index contributed by atoms with van der Waals surface area (Å²) in [7, 11) is 0. The van der Waals surface area contributed by atoms with Gasteiger partial charge >= 0.3 is 0 Å². The second-order valence-corrected chi connectivity index (χ2v) is 4.67. The van der Waals surface area contributed by atoms with Crippen LogP contribution in [0.1, 0.15) is 28.6 Å². The number of carboxylic acid groups (broad SMARTS) is 1. The predicted octanol–water partition coefficient (Wildman–Crippen LogP) is 1.01. The van der Waals surface area contributed by atoms with Gasteiger partial charge in [-0.3, -0.25) is 4.57 Å². The van der Waals surface area contributed by atoms with Crippen LogP contribution in [-0.2, 0) is 0 Å². The molecular weight excluding hydrogens is 242 g/mol. The van der Waals surface area contributed by atoms with Crippen LogP contribution in [0.4, 0.5) is 5.69 Å². The fourth-order valence-corrected chi connectivity index (χ4v) is 2.92. The number of carbonyl (C=O) groups excluding carboxylic acids is 1. The quantitative estimate of drug-likeness (QED) is 0.760. The Labute approximate surface area is 109 Å². The Morgan fingerprint density at radius 3 is 2.89 bits per heavy atom. The molecule has 5 nitrogen and oxygen atoms in total. The second kappa shape index (κ2) is 3.47. The number of imidazole rings is 1. The van der Waals surface area contributed by atoms with Crippen LogP contribution in [0.3, 0.4) is 0 Å². The molecule has 5 heteroatoms. The zero-order valence-electron chi connectivity index (χ0n) is 9.98. The van der Waals surface area contributed by atoms with E-state index >= 15 is 0 Å². The molecule has 0 N–H and O–H groups in total. The maximum absolute atomic E-state index is 11.2. The number of aromatic nitrogens is 2. The summed E-state index contributed by atoms with van der Waals surface area (Å²) in [4.78, 5) is 17.3. The third kappa shape index (κ3) is 1.24. The van der Waals surface area contributed by atoms with Crippen molar-refractivity contribution in [1.29, 1.82) is 0 Å². The zero-order chi connectivity index (χ0) is 13.0. The molecule has 4 rings (SSSR count). The molecule has 0 aliphatic carbocycles. The maximum atomic E-state index is 11.2. The number of hydrogen-bond donors (Lipinski definition) is 0. The van der Waals surface area contributed by atoms with Gasteiger partial charge in [-0.15, -0.1) is 0 Å². The van der Waals surface area contributed by atoms with E-state index < -0.39 is 5.97 Å². The smallest absolute Gasteiger partial charge is 0.109 e. The summed E-state index contributed by atoms with van der Waals surface area (Å²) in [5.74, 6) is -1.22. The van der Waals surface area contributed by atoms with Crippen LogP contribution in [0.2, 0.25) is 0 Å². The Hall–Kier alpha value is -2.56. The Morgan fingerprint density at radius 1 is 1.32 bits per heavy atom. The molecule has 0 radical (unpaired) electrons. The Kier molecular flexibility index (Phi) is 1.90. The van der Waals surface area contributed by atoms with Crippen LogP contribution in [0.15, 0.2) is 42.9 Å². The van der Waals surface area contributed by atoms with E-state index in [9.17, 15) is 9.90 Å². The number of nitrogens with zero attached hydrogens (tertiary/aromatic N) is 3. The summed E-state index contributed by atoms with van der Waals surface area (Å²) in [6, 6.07) is 7.89. The molecule has 0 saturated heterocycles. The van der Waals surface area contributed by atoms with Crippen molar-refractivity contribution >= 4 is 11.7 Å². The molecule has 2 aliphatic heterocycles. The molecule has 0 bridgehead atoms. The monoisotopic (exact) mass is 252 g/mol. The molecule has 0 saturated carbocycles. The highest BCUT2D eigenvalue weighted by Crippen LogP contribution is 2.43. The lowest BCUT2D eigenvalue weighted by Gasteiger charge is -2.34. The molecule has 1 aromatic carbocycles. The van der Waals surface area contributed by atoms with Gasteiger partial charge < -0.3 is 14.8 Å². The minimum atomic E-state index is -1.22. The minimum absolute atomic E-state index is 0.00898. The van der Waals surface area contributed by atoms with E-state index in [0.29, 0.717) is 5.69 Å². The number of para-hydroxylation sites is 2. The molecule has 2 aromatic rings. The van der Waals surface area contributed by atoms with Crippen molar-refractivity contribution in [2.24, 2.45) is 0 Å². The highest BCUT2D eigenvalue weighted by molar-refractivity contribution is 5.86. The lowest BCUT2D eigenvalue weighted by molar-refractivity contribution is -0.255. The molecule has 1 unspecified atom stereocenters. The van der Waals surface area contributed by atoms with E-state index in [1.807, 2.05) is 41.1 Å². The molecule has 3 heterocycles. The normalized spacial score (nSPS) is 18.9. The first kappa shape index (κ1) is 10.4. The molecule has 0 fully saturated rings. The summed E-state index contributed by atoms with van der Waals surface area (Å²) in [5.41, 5.74) is 2.74. The van der Waals surface area contributed by atoms with Crippen LogP contribution in [0.5, 0.6) is 0 Å². The summed E-state index contributed by atoms with van der Waals surface area (Å²) < 4.78 is 1.86. The van der Waals surface area contributed by atoms with Gasteiger partial charge in [-0.25, -0.2) is 4.98 Å². The SMILES string of the molecule is O=C([O-])c1ncn2c1C1CC=CN1c1ccccc1-2. The van der Waals surface area contributed by atoms with E-state index in [-0.39, 0.29) is 11.7 Å². The van der Waals surface area contributed by atoms with Crippen molar-refractivity contribution in [2.45, 2.75) is 12.5 Å². The Bertz CT molecular complexity index is 717. The van der Waals surface area contributed by atoms with Gasteiger partial charge in [0.1, 0.15) is 12.0 Å². The van der Waals surface area contributed by atoms with Gasteiger partial charge in [0.05, 0.1) is 29.1 Å². The van der Waals surface area contributed by atoms with E-state index in [0.717, 1.165) is 17.8 Å². The number of rotatable bonds is 1. The molecule has 0 amide bonds. The number of fused-ring (bicyclic) bond motifs is 6. The summed E-state index contributed by atoms with van der Waals surface area (Å²) in [6.45, 7) is 0. The molecule has 94 valence electrons. The number of benzene rings is 1. The maximum Gasteiger partial charge on any atom is 0.109 e. The first-order chi connectivity index (χ1) is 9.27. The van der Waals surface area contributed by atoms with Crippen LogP contribution >= 0.6 is 0 Å². The highest BCUT2D eigenvalue weighted by atomic mass is 16.4. The van der Waals surface area contributed by atoms with Crippen molar-refractivity contribution in [3.8, 4) is 5.69 Å². The van der Waals surface area contributed by atoms with Gasteiger partial charge in [0.2, 0.25) is 0 Å². The largest absolute Gasteiger partial charge is 0.543 e. The number of carbonyl (C=O) groups is 1. The number of aromatic carboxylic acids is 1. The van der Waals surface area contributed by atoms with Crippen molar-refractivity contribution < 1.29 is 9.90 Å². The molecular formula is C14H10N3O2-. The van der Waals surface area contributed by atoms with Gasteiger partial charge in [0, 0.05) is 6.20 Å². The first-order valence-corrected chi connectivity index (χ1v) is 6.10. The number of hydrogen-bond acceptors (Lipinski definition) is 4. The average Bonchev–Trinajstić information content (AvgIpc) is 3.05. The molecule has 0 spiro atoms. The lowest BCUT2D eigenvalue weighted by atomic mass is 10.0. The van der Waals surface area contributed by atoms with Crippen LogP contribution in [-0.4, -0.2) is 15.5 Å². The average molecular weight is 252 g/mol. The number of carboxylic acids is 1. The second-order valence-electron chi connectivity index (χ2n) is 4.67. The standard InChI is InChI=1S/C14H11N3O2/c18-14(19)12-13-11-6-3-7-16(11)9-4-1-2-5-10(9)17(13)8-15-12/h1-5,7-8,11H,6H2,(H,18,19)/p-1. The van der Waals surface area contributed by atoms with Crippen LogP contribution < -0.4 is 10.0 Å². The molecule has 1 aromatic heterocycles. The van der Waals surface area contributed by atoms with Crippen molar-refractivity contribution in [2.75, 3.05) is 4.90 Å². The Balaban J connectivity index is 2.04. The molecule has 19 heavy (non-hydrogen) atoms. The van der Waals surface area contributed by atoms with Crippen molar-refractivity contribution in [3.05, 3.63) is 54.3 Å². The van der Waals surface area contributed by atoms with Gasteiger partial charge in [0.25, 0.3) is 0 Å². The van der Waals surface area contributed by atoms with E-state index in [1.165, 1.54) is 0 Å². The topological polar surface area (TPSA) is 61.2 Å². The van der Waals surface area contributed by atoms with E-state index in [2.05, 4.69) is 9.88 Å². The fourth-order valence-electron chi connectivity index (χ4n) is 2.92. The molecule has 1 atom stereocenters. The van der Waals surface area contributed by atoms with Crippen LogP contribution in [0.25, 0.3) is 5.69 Å². The van der Waals surface area contributed by atoms with Crippen molar-refractivity contribution in [3.63, 3.8) is 0 Å². The van der Waals surface area contributed by atoms with E-state index in [1.54, 1.807) is 6.33 Å². The summed E-state index contributed by atoms with van der Waals surface area (Å²) >= 11 is 0. The van der Waals surface area contributed by atoms with Gasteiger partial charge in [-0.05, 0) is 18.6 Å². The Morgan fingerprint density at radius 2 is 2.11 bits per heavy atom. The van der Waals surface area contributed by atoms with Gasteiger partial charge in [-0.1, -0.05) is 18.2 Å². The fraction of sp³-hybridized carbons (Fsp3) is 0.143. The first-order valence-electron chi connectivity index (χ1n) is 6.10. The highest BCUT2D eigenvalue weighted by Gasteiger charge is 2.34. The third-order valence-electron chi connectivity index (χ3n) is 3.69. The summed E-state index contributed by atoms with van der Waals surface area (Å²) in [5, 5.41) is 11.2. The minimum Gasteiger partial charge on any atom is -0.543 e. The summed E-state index contributed by atoms with van der Waals surface area (Å²) in [6.07, 6.45) is 6.39. The van der Waals surface area contributed by atoms with Crippen molar-refractivity contribution in [1.82, 2.24) is 9.55 Å². The lowest BCUT2D eigenvalue weighted by Crippen LogP contribution is -2.31. The zero-order valence-corrected chi connectivity index (χ0v) is 9.98. The predicted molar refractivity (Wildman–Crippen MR) is 66.9 cm³/mol. The third-order valence-corrected chi connectivity index (χ3v) is 3.69. The van der Waals surface area contributed by atoms with E-state index in [4.69, 9.17) is 0 Å². The van der Waals surface area contributed by atoms with Gasteiger partial charge in [-0.2, -0.15) is 0 Å². The number of anilines is 1.